The van der Waals surface area contributed by atoms with Crippen LogP contribution in [0.5, 0.6) is 0 Å². The number of aryl methyl sites for hydroxylation is 2. The van der Waals surface area contributed by atoms with E-state index < -0.39 is 16.7 Å². The average Bonchev–Trinajstić information content (AvgIpc) is 3.01. The van der Waals surface area contributed by atoms with Crippen LogP contribution >= 0.6 is 0 Å². The molecule has 0 bridgehead atoms. The number of nitrogens with zero attached hydrogens (tertiary/aromatic N) is 2. The highest BCUT2D eigenvalue weighted by atomic mass is 16.6. The van der Waals surface area contributed by atoms with E-state index in [-0.39, 0.29) is 17.3 Å². The highest BCUT2D eigenvalue weighted by Crippen LogP contribution is 2.23. The summed E-state index contributed by atoms with van der Waals surface area (Å²) in [5, 5.41) is 13.5. The molecule has 134 valence electrons. The van der Waals surface area contributed by atoms with Crippen molar-refractivity contribution in [2.24, 2.45) is 7.05 Å². The van der Waals surface area contributed by atoms with Crippen LogP contribution in [0.1, 0.15) is 32.8 Å². The quantitative estimate of drug-likeness (QED) is 0.554. The van der Waals surface area contributed by atoms with Crippen LogP contribution in [-0.2, 0) is 18.3 Å². The third-order valence-electron chi connectivity index (χ3n) is 3.99. The molecule has 0 aliphatic carbocycles. The lowest BCUT2D eigenvalue weighted by Gasteiger charge is -2.17. The molecule has 3 N–H and O–H groups in total. The Balaban J connectivity index is 1.66. The van der Waals surface area contributed by atoms with Gasteiger partial charge in [0, 0.05) is 30.8 Å². The second kappa shape index (κ2) is 6.67. The van der Waals surface area contributed by atoms with E-state index in [1.807, 2.05) is 0 Å². The number of carbonyl (C=O) groups excluding carboxylic acids is 3. The Hall–Kier alpha value is -3.69. The number of carbonyl (C=O) groups is 3. The molecular formula is C16H15N5O5. The largest absolute Gasteiger partial charge is 0.340 e. The van der Waals surface area contributed by atoms with Crippen LogP contribution < -0.4 is 16.2 Å². The standard InChI is InChI=1S/C16H15N5O5/c1-20-8-11(21(25)26)7-13(20)16(24)19-18-15(23)10-2-4-12-9(6-10)3-5-14(22)17-12/h2,4,6-8H,3,5H2,1H3,(H,17,22)(H,18,23)(H,19,24). The lowest BCUT2D eigenvalue weighted by Crippen LogP contribution is -2.42. The molecular weight excluding hydrogens is 342 g/mol. The molecule has 0 radical (unpaired) electrons. The summed E-state index contributed by atoms with van der Waals surface area (Å²) in [6.45, 7) is 0. The SMILES string of the molecule is Cn1cc([N+](=O)[O-])cc1C(=O)NNC(=O)c1ccc2c(c1)CCC(=O)N2. The molecule has 1 aromatic carbocycles. The van der Waals surface area contributed by atoms with Gasteiger partial charge in [-0.05, 0) is 30.2 Å². The minimum Gasteiger partial charge on any atom is -0.340 e. The van der Waals surface area contributed by atoms with Crippen LogP contribution in [0.3, 0.4) is 0 Å². The molecule has 2 aromatic rings. The van der Waals surface area contributed by atoms with Crippen molar-refractivity contribution < 1.29 is 19.3 Å². The van der Waals surface area contributed by atoms with Gasteiger partial charge in [0.15, 0.2) is 0 Å². The third-order valence-corrected chi connectivity index (χ3v) is 3.99. The molecule has 26 heavy (non-hydrogen) atoms. The number of hydrazine groups is 1. The maximum Gasteiger partial charge on any atom is 0.287 e. The van der Waals surface area contributed by atoms with Gasteiger partial charge in [-0.3, -0.25) is 35.3 Å². The Labute approximate surface area is 147 Å². The lowest BCUT2D eigenvalue weighted by molar-refractivity contribution is -0.384. The maximum absolute atomic E-state index is 12.2. The van der Waals surface area contributed by atoms with E-state index in [4.69, 9.17) is 0 Å². The number of fused-ring (bicyclic) bond motifs is 1. The summed E-state index contributed by atoms with van der Waals surface area (Å²) in [5.41, 5.74) is 6.12. The fourth-order valence-electron chi connectivity index (χ4n) is 2.65. The number of benzene rings is 1. The predicted molar refractivity (Wildman–Crippen MR) is 90.4 cm³/mol. The van der Waals surface area contributed by atoms with Crippen molar-refractivity contribution in [1.29, 1.82) is 0 Å². The Kier molecular flexibility index (Phi) is 4.40. The molecule has 2 heterocycles. The average molecular weight is 357 g/mol. The molecule has 0 fully saturated rings. The number of anilines is 1. The van der Waals surface area contributed by atoms with E-state index in [9.17, 15) is 24.5 Å². The van der Waals surface area contributed by atoms with Crippen LogP contribution in [-0.4, -0.2) is 27.2 Å². The van der Waals surface area contributed by atoms with Crippen molar-refractivity contribution in [1.82, 2.24) is 15.4 Å². The van der Waals surface area contributed by atoms with Crippen LogP contribution in [0.25, 0.3) is 0 Å². The smallest absolute Gasteiger partial charge is 0.287 e. The Bertz CT molecular complexity index is 933. The van der Waals surface area contributed by atoms with Crippen molar-refractivity contribution in [3.63, 3.8) is 0 Å². The number of nitro groups is 1. The van der Waals surface area contributed by atoms with Crippen molar-refractivity contribution >= 4 is 29.1 Å². The molecule has 1 aromatic heterocycles. The lowest BCUT2D eigenvalue weighted by atomic mass is 10.0. The second-order valence-corrected chi connectivity index (χ2v) is 5.78. The van der Waals surface area contributed by atoms with Crippen LogP contribution in [0.4, 0.5) is 11.4 Å². The van der Waals surface area contributed by atoms with Gasteiger partial charge < -0.3 is 9.88 Å². The fraction of sp³-hybridized carbons (Fsp3) is 0.188. The summed E-state index contributed by atoms with van der Waals surface area (Å²) in [6.07, 6.45) is 2.08. The normalized spacial score (nSPS) is 12.7. The first kappa shape index (κ1) is 17.1. The molecule has 1 aliphatic rings. The number of rotatable bonds is 3. The van der Waals surface area contributed by atoms with Gasteiger partial charge in [0.1, 0.15) is 5.69 Å². The summed E-state index contributed by atoms with van der Waals surface area (Å²) >= 11 is 0. The number of hydrogen-bond donors (Lipinski definition) is 3. The molecule has 0 saturated heterocycles. The molecule has 3 rings (SSSR count). The zero-order valence-electron chi connectivity index (χ0n) is 13.7. The molecule has 10 nitrogen and oxygen atoms in total. The van der Waals surface area contributed by atoms with Crippen molar-refractivity contribution in [2.75, 3.05) is 5.32 Å². The van der Waals surface area contributed by atoms with E-state index in [2.05, 4.69) is 16.2 Å². The van der Waals surface area contributed by atoms with Gasteiger partial charge in [-0.25, -0.2) is 0 Å². The summed E-state index contributed by atoms with van der Waals surface area (Å²) in [4.78, 5) is 45.8. The molecule has 0 spiro atoms. The van der Waals surface area contributed by atoms with Gasteiger partial charge in [-0.2, -0.15) is 0 Å². The zero-order chi connectivity index (χ0) is 18.8. The fourth-order valence-corrected chi connectivity index (χ4v) is 2.65. The van der Waals surface area contributed by atoms with Crippen molar-refractivity contribution in [3.8, 4) is 0 Å². The van der Waals surface area contributed by atoms with E-state index >= 15 is 0 Å². The monoisotopic (exact) mass is 357 g/mol. The van der Waals surface area contributed by atoms with E-state index in [1.54, 1.807) is 12.1 Å². The number of nitrogens with one attached hydrogen (secondary N) is 3. The molecule has 0 saturated carbocycles. The van der Waals surface area contributed by atoms with Crippen molar-refractivity contribution in [3.05, 3.63) is 57.4 Å². The van der Waals surface area contributed by atoms with E-state index in [0.29, 0.717) is 24.1 Å². The number of aromatic nitrogens is 1. The Morgan fingerprint density at radius 1 is 1.19 bits per heavy atom. The molecule has 3 amide bonds. The predicted octanol–water partition coefficient (Wildman–Crippen LogP) is 0.893. The third kappa shape index (κ3) is 3.38. The van der Waals surface area contributed by atoms with Gasteiger partial charge in [0.2, 0.25) is 5.91 Å². The summed E-state index contributed by atoms with van der Waals surface area (Å²) < 4.78 is 1.29. The van der Waals surface area contributed by atoms with Crippen LogP contribution in [0.2, 0.25) is 0 Å². The van der Waals surface area contributed by atoms with E-state index in [1.165, 1.54) is 23.9 Å². The minimum absolute atomic E-state index is 0.0325. The highest BCUT2D eigenvalue weighted by molar-refractivity contribution is 6.00. The summed E-state index contributed by atoms with van der Waals surface area (Å²) in [5.74, 6) is -1.29. The first-order valence-electron chi connectivity index (χ1n) is 7.69. The van der Waals surface area contributed by atoms with Gasteiger partial charge >= 0.3 is 0 Å². The highest BCUT2D eigenvalue weighted by Gasteiger charge is 2.19. The van der Waals surface area contributed by atoms with E-state index in [0.717, 1.165) is 11.6 Å². The van der Waals surface area contributed by atoms with Crippen molar-refractivity contribution in [2.45, 2.75) is 12.8 Å². The van der Waals surface area contributed by atoms with Gasteiger partial charge in [0.05, 0.1) is 11.1 Å². The minimum atomic E-state index is -0.681. The molecule has 10 heteroatoms. The number of amides is 3. The first-order chi connectivity index (χ1) is 12.3. The molecule has 1 aliphatic heterocycles. The molecule has 0 atom stereocenters. The van der Waals surface area contributed by atoms with Crippen LogP contribution in [0.15, 0.2) is 30.5 Å². The van der Waals surface area contributed by atoms with Crippen LogP contribution in [0, 0.1) is 10.1 Å². The number of hydrogen-bond acceptors (Lipinski definition) is 5. The maximum atomic E-state index is 12.2. The van der Waals surface area contributed by atoms with Gasteiger partial charge in [-0.15, -0.1) is 0 Å². The van der Waals surface area contributed by atoms with Gasteiger partial charge in [0.25, 0.3) is 17.5 Å². The second-order valence-electron chi connectivity index (χ2n) is 5.78. The first-order valence-corrected chi connectivity index (χ1v) is 7.69. The summed E-state index contributed by atoms with van der Waals surface area (Å²) in [7, 11) is 1.49. The zero-order valence-corrected chi connectivity index (χ0v) is 13.7. The summed E-state index contributed by atoms with van der Waals surface area (Å²) in [6, 6.07) is 5.91. The molecule has 0 unspecified atom stereocenters. The Morgan fingerprint density at radius 3 is 2.62 bits per heavy atom. The van der Waals surface area contributed by atoms with Gasteiger partial charge in [-0.1, -0.05) is 0 Å². The topological polar surface area (TPSA) is 135 Å². The Morgan fingerprint density at radius 2 is 1.92 bits per heavy atom.